The van der Waals surface area contributed by atoms with Crippen molar-refractivity contribution in [2.45, 2.75) is 6.92 Å². The van der Waals surface area contributed by atoms with Gasteiger partial charge in [0, 0.05) is 38.3 Å². The van der Waals surface area contributed by atoms with E-state index in [1.807, 2.05) is 0 Å². The molecule has 0 unspecified atom stereocenters. The summed E-state index contributed by atoms with van der Waals surface area (Å²) in [5.74, 6) is 0. The van der Waals surface area contributed by atoms with E-state index in [1.54, 1.807) is 0 Å². The number of rotatable bonds is 1. The minimum absolute atomic E-state index is 1.19. The molecule has 27 heavy (non-hydrogen) atoms. The number of hydrogen-bond donors (Lipinski definition) is 1. The number of aromatic nitrogens is 2. The third kappa shape index (κ3) is 1.90. The van der Waals surface area contributed by atoms with Crippen molar-refractivity contribution in [2.75, 3.05) is 0 Å². The first-order chi connectivity index (χ1) is 13.3. The molecule has 128 valence electrons. The molecule has 0 atom stereocenters. The smallest absolute Gasteiger partial charge is 0.0548 e. The molecule has 4 aromatic carbocycles. The van der Waals surface area contributed by atoms with Crippen LogP contribution in [0.3, 0.4) is 0 Å². The summed E-state index contributed by atoms with van der Waals surface area (Å²) < 4.78 is 2.37. The molecule has 6 aromatic rings. The largest absolute Gasteiger partial charge is 0.354 e. The van der Waals surface area contributed by atoms with Gasteiger partial charge in [0.25, 0.3) is 0 Å². The summed E-state index contributed by atoms with van der Waals surface area (Å²) in [7, 11) is 0. The molecule has 6 rings (SSSR count). The molecule has 0 aliphatic heterocycles. The van der Waals surface area contributed by atoms with Gasteiger partial charge in [0.2, 0.25) is 0 Å². The number of nitrogens with one attached hydrogen (secondary N) is 1. The number of nitrogens with zero attached hydrogens (tertiary/aromatic N) is 1. The van der Waals surface area contributed by atoms with Gasteiger partial charge in [0.15, 0.2) is 0 Å². The Labute approximate surface area is 156 Å². The highest BCUT2D eigenvalue weighted by molar-refractivity contribution is 6.28. The van der Waals surface area contributed by atoms with Crippen LogP contribution in [0.1, 0.15) is 5.56 Å². The Hall–Kier alpha value is -3.52. The highest BCUT2D eigenvalue weighted by atomic mass is 15.0. The van der Waals surface area contributed by atoms with Crippen molar-refractivity contribution in [1.82, 2.24) is 9.55 Å². The van der Waals surface area contributed by atoms with E-state index < -0.39 is 0 Å². The average Bonchev–Trinajstić information content (AvgIpc) is 3.25. The summed E-state index contributed by atoms with van der Waals surface area (Å²) in [6, 6.07) is 30.4. The van der Waals surface area contributed by atoms with Crippen LogP contribution in [0.2, 0.25) is 0 Å². The van der Waals surface area contributed by atoms with Gasteiger partial charge in [-0.25, -0.2) is 0 Å². The van der Waals surface area contributed by atoms with E-state index >= 15 is 0 Å². The lowest BCUT2D eigenvalue weighted by molar-refractivity contribution is 1.18. The lowest BCUT2D eigenvalue weighted by Crippen LogP contribution is -1.92. The van der Waals surface area contributed by atoms with Gasteiger partial charge in [-0.1, -0.05) is 54.6 Å². The zero-order chi connectivity index (χ0) is 18.0. The van der Waals surface area contributed by atoms with Crippen LogP contribution in [0, 0.1) is 6.92 Å². The molecule has 2 nitrogen and oxygen atoms in total. The van der Waals surface area contributed by atoms with E-state index in [-0.39, 0.29) is 0 Å². The fourth-order valence-corrected chi connectivity index (χ4v) is 4.48. The zero-order valence-electron chi connectivity index (χ0n) is 15.0. The highest BCUT2D eigenvalue weighted by Gasteiger charge is 2.17. The van der Waals surface area contributed by atoms with E-state index in [2.05, 4.69) is 101 Å². The Morgan fingerprint density at radius 3 is 2.30 bits per heavy atom. The Kier molecular flexibility index (Phi) is 2.84. The van der Waals surface area contributed by atoms with Crippen molar-refractivity contribution in [3.8, 4) is 5.69 Å². The first-order valence-electron chi connectivity index (χ1n) is 9.31. The van der Waals surface area contributed by atoms with Gasteiger partial charge in [0.05, 0.1) is 11.0 Å². The Morgan fingerprint density at radius 2 is 1.41 bits per heavy atom. The van der Waals surface area contributed by atoms with Crippen LogP contribution in [-0.2, 0) is 0 Å². The second-order valence-corrected chi connectivity index (χ2v) is 7.19. The third-order valence-corrected chi connectivity index (χ3v) is 5.65. The standard InChI is InChI=1S/C25H18N2/c1-16-8-7-12-19-23-20(26-25(16)19)14-15-22-24(23)18-11-5-6-13-21(18)27(22)17-9-3-2-4-10-17/h2-15,26H,1H3. The van der Waals surface area contributed by atoms with Gasteiger partial charge in [-0.05, 0) is 42.8 Å². The topological polar surface area (TPSA) is 20.7 Å². The normalized spacial score (nSPS) is 11.9. The quantitative estimate of drug-likeness (QED) is 0.341. The predicted octanol–water partition coefficient (Wildman–Crippen LogP) is 6.73. The predicted molar refractivity (Wildman–Crippen MR) is 115 cm³/mol. The van der Waals surface area contributed by atoms with Crippen molar-refractivity contribution in [2.24, 2.45) is 0 Å². The maximum Gasteiger partial charge on any atom is 0.0548 e. The number of benzene rings is 4. The number of aryl methyl sites for hydroxylation is 1. The minimum atomic E-state index is 1.19. The molecule has 0 fully saturated rings. The Bertz CT molecular complexity index is 1470. The maximum absolute atomic E-state index is 3.64. The number of para-hydroxylation sites is 3. The second-order valence-electron chi connectivity index (χ2n) is 7.19. The van der Waals surface area contributed by atoms with Gasteiger partial charge in [0.1, 0.15) is 0 Å². The number of aromatic amines is 1. The van der Waals surface area contributed by atoms with Crippen molar-refractivity contribution < 1.29 is 0 Å². The lowest BCUT2D eigenvalue weighted by atomic mass is 10.0. The van der Waals surface area contributed by atoms with E-state index in [0.717, 1.165) is 0 Å². The van der Waals surface area contributed by atoms with Crippen molar-refractivity contribution in [3.63, 3.8) is 0 Å². The molecular formula is C25H18N2. The summed E-state index contributed by atoms with van der Waals surface area (Å²) in [5.41, 5.74) is 7.40. The highest BCUT2D eigenvalue weighted by Crippen LogP contribution is 2.40. The first kappa shape index (κ1) is 14.6. The van der Waals surface area contributed by atoms with E-state index in [0.29, 0.717) is 0 Å². The van der Waals surface area contributed by atoms with Gasteiger partial charge in [-0.3, -0.25) is 0 Å². The molecule has 0 aliphatic carbocycles. The van der Waals surface area contributed by atoms with Crippen LogP contribution < -0.4 is 0 Å². The molecule has 0 spiro atoms. The summed E-state index contributed by atoms with van der Waals surface area (Å²) in [6.07, 6.45) is 0. The Morgan fingerprint density at radius 1 is 0.630 bits per heavy atom. The molecule has 2 aromatic heterocycles. The summed E-state index contributed by atoms with van der Waals surface area (Å²) in [5, 5.41) is 5.23. The second kappa shape index (κ2) is 5.24. The number of hydrogen-bond acceptors (Lipinski definition) is 0. The van der Waals surface area contributed by atoms with Crippen molar-refractivity contribution >= 4 is 43.6 Å². The van der Waals surface area contributed by atoms with Crippen LogP contribution in [0.4, 0.5) is 0 Å². The fraction of sp³-hybridized carbons (Fsp3) is 0.0400. The van der Waals surface area contributed by atoms with Crippen LogP contribution >= 0.6 is 0 Å². The molecule has 0 saturated carbocycles. The third-order valence-electron chi connectivity index (χ3n) is 5.65. The van der Waals surface area contributed by atoms with E-state index in [4.69, 9.17) is 0 Å². The maximum atomic E-state index is 3.64. The summed E-state index contributed by atoms with van der Waals surface area (Å²) in [4.78, 5) is 3.64. The zero-order valence-corrected chi connectivity index (χ0v) is 15.0. The van der Waals surface area contributed by atoms with Crippen LogP contribution in [-0.4, -0.2) is 9.55 Å². The van der Waals surface area contributed by atoms with Crippen molar-refractivity contribution in [3.05, 3.63) is 90.5 Å². The molecule has 0 bridgehead atoms. The fourth-order valence-electron chi connectivity index (χ4n) is 4.48. The van der Waals surface area contributed by atoms with Crippen molar-refractivity contribution in [1.29, 1.82) is 0 Å². The number of H-pyrrole nitrogens is 1. The van der Waals surface area contributed by atoms with E-state index in [9.17, 15) is 0 Å². The summed E-state index contributed by atoms with van der Waals surface area (Å²) in [6.45, 7) is 2.17. The molecule has 0 aliphatic rings. The van der Waals surface area contributed by atoms with Gasteiger partial charge in [-0.15, -0.1) is 0 Å². The number of fused-ring (bicyclic) bond motifs is 7. The molecule has 0 amide bonds. The van der Waals surface area contributed by atoms with Gasteiger partial charge in [-0.2, -0.15) is 0 Å². The molecule has 1 N–H and O–H groups in total. The lowest BCUT2D eigenvalue weighted by Gasteiger charge is -2.07. The van der Waals surface area contributed by atoms with E-state index in [1.165, 1.54) is 54.9 Å². The molecular weight excluding hydrogens is 328 g/mol. The minimum Gasteiger partial charge on any atom is -0.354 e. The van der Waals surface area contributed by atoms with Gasteiger partial charge < -0.3 is 9.55 Å². The van der Waals surface area contributed by atoms with Crippen LogP contribution in [0.25, 0.3) is 49.3 Å². The molecule has 2 heteroatoms. The van der Waals surface area contributed by atoms with Gasteiger partial charge >= 0.3 is 0 Å². The molecule has 0 saturated heterocycles. The van der Waals surface area contributed by atoms with Crippen LogP contribution in [0.5, 0.6) is 0 Å². The molecule has 2 heterocycles. The average molecular weight is 346 g/mol. The monoisotopic (exact) mass is 346 g/mol. The summed E-state index contributed by atoms with van der Waals surface area (Å²) >= 11 is 0. The molecule has 0 radical (unpaired) electrons. The Balaban J connectivity index is 1.92. The SMILES string of the molecule is Cc1cccc2c1[nH]c1ccc3c(c4ccccc4n3-c3ccccc3)c12. The van der Waals surface area contributed by atoms with Crippen LogP contribution in [0.15, 0.2) is 84.9 Å². The first-order valence-corrected chi connectivity index (χ1v) is 9.31.